The predicted octanol–water partition coefficient (Wildman–Crippen LogP) is 3.66. The maximum Gasteiger partial charge on any atom is 0.416 e. The minimum absolute atomic E-state index is 0.0310. The van der Waals surface area contributed by atoms with Gasteiger partial charge in [0.25, 0.3) is 5.91 Å². The van der Waals surface area contributed by atoms with Gasteiger partial charge >= 0.3 is 12.2 Å². The molecule has 3 rings (SSSR count). The van der Waals surface area contributed by atoms with Crippen LogP contribution in [0.25, 0.3) is 0 Å². The number of urea groups is 1. The van der Waals surface area contributed by atoms with Crippen molar-refractivity contribution in [3.63, 3.8) is 0 Å². The maximum absolute atomic E-state index is 12.8. The second-order valence-electron chi connectivity index (χ2n) is 5.98. The van der Waals surface area contributed by atoms with Crippen molar-refractivity contribution in [2.24, 2.45) is 0 Å². The lowest BCUT2D eigenvalue weighted by molar-refractivity contribution is -0.137. The fourth-order valence-corrected chi connectivity index (χ4v) is 2.72. The average molecular weight is 412 g/mol. The first kappa shape index (κ1) is 19.7. The molecule has 2 N–H and O–H groups in total. The summed E-state index contributed by atoms with van der Waals surface area (Å²) >= 11 is 5.87. The number of hydrogen-bond donors (Lipinski definition) is 2. The van der Waals surface area contributed by atoms with Gasteiger partial charge in [0.1, 0.15) is 0 Å². The summed E-state index contributed by atoms with van der Waals surface area (Å²) in [5.41, 5.74) is -0.311. The summed E-state index contributed by atoms with van der Waals surface area (Å²) in [5, 5.41) is 4.71. The van der Waals surface area contributed by atoms with Crippen molar-refractivity contribution >= 4 is 35.1 Å². The molecule has 2 aromatic carbocycles. The Labute approximate surface area is 162 Å². The number of alkyl halides is 3. The summed E-state index contributed by atoms with van der Waals surface area (Å²) in [4.78, 5) is 36.5. The number of rotatable bonds is 4. The molecule has 0 atom stereocenters. The first-order valence-electron chi connectivity index (χ1n) is 8.00. The number of hydrogen-bond acceptors (Lipinski definition) is 3. The van der Waals surface area contributed by atoms with Crippen molar-refractivity contribution in [2.45, 2.75) is 12.7 Å². The van der Waals surface area contributed by atoms with E-state index >= 15 is 0 Å². The summed E-state index contributed by atoms with van der Waals surface area (Å²) in [7, 11) is 0. The zero-order valence-electron chi connectivity index (χ0n) is 14.1. The molecular weight excluding hydrogens is 399 g/mol. The van der Waals surface area contributed by atoms with Crippen molar-refractivity contribution in [1.29, 1.82) is 0 Å². The summed E-state index contributed by atoms with van der Waals surface area (Å²) in [6.45, 7) is -0.0108. The third-order valence-electron chi connectivity index (χ3n) is 4.04. The van der Waals surface area contributed by atoms with Crippen molar-refractivity contribution in [3.05, 3.63) is 64.2 Å². The van der Waals surface area contributed by atoms with E-state index in [1.165, 1.54) is 12.1 Å². The Kier molecular flexibility index (Phi) is 5.28. The highest BCUT2D eigenvalue weighted by atomic mass is 35.5. The number of carbonyl (C=O) groups is 3. The lowest BCUT2D eigenvalue weighted by Crippen LogP contribution is -2.30. The largest absolute Gasteiger partial charge is 0.416 e. The van der Waals surface area contributed by atoms with Crippen molar-refractivity contribution in [1.82, 2.24) is 10.2 Å². The molecule has 1 heterocycles. The fourth-order valence-electron chi connectivity index (χ4n) is 2.55. The van der Waals surface area contributed by atoms with Crippen LogP contribution in [0.15, 0.2) is 42.5 Å². The zero-order valence-corrected chi connectivity index (χ0v) is 14.9. The number of carbonyl (C=O) groups excluding carboxylic acids is 3. The molecule has 10 heteroatoms. The zero-order chi connectivity index (χ0) is 20.5. The van der Waals surface area contributed by atoms with E-state index in [1.807, 2.05) is 0 Å². The van der Waals surface area contributed by atoms with Crippen LogP contribution in [0, 0.1) is 0 Å². The highest BCUT2D eigenvalue weighted by Gasteiger charge is 2.31. The van der Waals surface area contributed by atoms with Crippen LogP contribution in [0.2, 0.25) is 5.02 Å². The molecule has 0 radical (unpaired) electrons. The van der Waals surface area contributed by atoms with Gasteiger partial charge in [0.15, 0.2) is 0 Å². The Morgan fingerprint density at radius 3 is 2.39 bits per heavy atom. The van der Waals surface area contributed by atoms with Gasteiger partial charge in [0.2, 0.25) is 5.91 Å². The smallest absolute Gasteiger partial charge is 0.329 e. The van der Waals surface area contributed by atoms with Gasteiger partial charge in [-0.1, -0.05) is 23.7 Å². The van der Waals surface area contributed by atoms with E-state index in [0.29, 0.717) is 5.56 Å². The van der Waals surface area contributed by atoms with Crippen LogP contribution in [0.1, 0.15) is 21.5 Å². The minimum atomic E-state index is -4.56. The molecule has 0 saturated carbocycles. The van der Waals surface area contributed by atoms with E-state index in [2.05, 4.69) is 10.6 Å². The normalized spacial score (nSPS) is 14.2. The topological polar surface area (TPSA) is 78.5 Å². The molecule has 0 aromatic heterocycles. The summed E-state index contributed by atoms with van der Waals surface area (Å²) in [5.74, 6) is -1.01. The molecular formula is C18H13ClF3N3O3. The van der Waals surface area contributed by atoms with Crippen LogP contribution in [-0.4, -0.2) is 29.3 Å². The van der Waals surface area contributed by atoms with Gasteiger partial charge in [-0.2, -0.15) is 13.2 Å². The van der Waals surface area contributed by atoms with E-state index in [4.69, 9.17) is 11.6 Å². The third kappa shape index (κ3) is 4.25. The van der Waals surface area contributed by atoms with E-state index < -0.39 is 23.7 Å². The van der Waals surface area contributed by atoms with Crippen LogP contribution in [0.3, 0.4) is 0 Å². The van der Waals surface area contributed by atoms with Gasteiger partial charge in [0, 0.05) is 5.56 Å². The van der Waals surface area contributed by atoms with E-state index in [1.54, 1.807) is 12.1 Å². The van der Waals surface area contributed by atoms with Crippen LogP contribution < -0.4 is 10.6 Å². The lowest BCUT2D eigenvalue weighted by Gasteiger charge is -2.13. The summed E-state index contributed by atoms with van der Waals surface area (Å²) in [6, 6.07) is 8.10. The number of anilines is 1. The first-order valence-corrected chi connectivity index (χ1v) is 8.38. The second-order valence-corrected chi connectivity index (χ2v) is 6.39. The molecule has 0 spiro atoms. The first-order chi connectivity index (χ1) is 13.1. The average Bonchev–Trinajstić information content (AvgIpc) is 2.95. The maximum atomic E-state index is 12.8. The lowest BCUT2D eigenvalue weighted by atomic mass is 10.1. The highest BCUT2D eigenvalue weighted by Crippen LogP contribution is 2.34. The molecule has 28 heavy (non-hydrogen) atoms. The molecule has 0 aliphatic carbocycles. The molecule has 2 aromatic rings. The Morgan fingerprint density at radius 1 is 1.14 bits per heavy atom. The number of benzene rings is 2. The molecule has 146 valence electrons. The van der Waals surface area contributed by atoms with Gasteiger partial charge in [-0.3, -0.25) is 14.5 Å². The fraction of sp³-hybridized carbons (Fsp3) is 0.167. The minimum Gasteiger partial charge on any atom is -0.329 e. The quantitative estimate of drug-likeness (QED) is 0.754. The highest BCUT2D eigenvalue weighted by molar-refractivity contribution is 6.34. The Balaban J connectivity index is 1.72. The number of halogens is 4. The number of amides is 4. The molecule has 1 aliphatic heterocycles. The van der Waals surface area contributed by atoms with Gasteiger partial charge in [0.05, 0.1) is 29.4 Å². The number of nitrogens with zero attached hydrogens (tertiary/aromatic N) is 1. The molecule has 0 bridgehead atoms. The second kappa shape index (κ2) is 7.51. The predicted molar refractivity (Wildman–Crippen MR) is 94.8 cm³/mol. The van der Waals surface area contributed by atoms with E-state index in [9.17, 15) is 27.6 Å². The Bertz CT molecular complexity index is 929. The van der Waals surface area contributed by atoms with Crippen molar-refractivity contribution in [2.75, 3.05) is 11.9 Å². The van der Waals surface area contributed by atoms with Crippen molar-refractivity contribution in [3.8, 4) is 0 Å². The van der Waals surface area contributed by atoms with Crippen LogP contribution >= 0.6 is 11.6 Å². The SMILES string of the molecule is O=C(Nc1cc(C(F)(F)F)ccc1Cl)c1ccc(CN2C(=O)CNC2=O)cc1. The molecule has 4 amide bonds. The summed E-state index contributed by atoms with van der Waals surface area (Å²) in [6.07, 6.45) is -4.56. The Hall–Kier alpha value is -3.07. The third-order valence-corrected chi connectivity index (χ3v) is 4.37. The van der Waals surface area contributed by atoms with Gasteiger partial charge < -0.3 is 10.6 Å². The van der Waals surface area contributed by atoms with E-state index in [-0.39, 0.29) is 35.3 Å². The molecule has 0 unspecified atom stereocenters. The van der Waals surface area contributed by atoms with Gasteiger partial charge in [-0.15, -0.1) is 0 Å². The van der Waals surface area contributed by atoms with Gasteiger partial charge in [-0.25, -0.2) is 4.79 Å². The molecule has 1 aliphatic rings. The Morgan fingerprint density at radius 2 is 1.82 bits per heavy atom. The molecule has 6 nitrogen and oxygen atoms in total. The van der Waals surface area contributed by atoms with Gasteiger partial charge in [-0.05, 0) is 35.9 Å². The van der Waals surface area contributed by atoms with Crippen LogP contribution in [0.5, 0.6) is 0 Å². The van der Waals surface area contributed by atoms with Crippen LogP contribution in [-0.2, 0) is 17.5 Å². The molecule has 1 fully saturated rings. The van der Waals surface area contributed by atoms with E-state index in [0.717, 1.165) is 23.1 Å². The summed E-state index contributed by atoms with van der Waals surface area (Å²) < 4.78 is 38.4. The van der Waals surface area contributed by atoms with Crippen molar-refractivity contribution < 1.29 is 27.6 Å². The number of nitrogens with one attached hydrogen (secondary N) is 2. The molecule has 1 saturated heterocycles. The standard InChI is InChI=1S/C18H13ClF3N3O3/c19-13-6-5-12(18(20,21)22)7-14(13)24-16(27)11-3-1-10(2-4-11)9-25-15(26)8-23-17(25)28/h1-7H,8-9H2,(H,23,28)(H,24,27). The monoisotopic (exact) mass is 411 g/mol. The van der Waals surface area contributed by atoms with Crippen LogP contribution in [0.4, 0.5) is 23.7 Å². The number of imide groups is 1.